The monoisotopic (exact) mass is 297 g/mol. The molecule has 2 N–H and O–H groups in total. The van der Waals surface area contributed by atoms with Gasteiger partial charge in [-0.3, -0.25) is 0 Å². The summed E-state index contributed by atoms with van der Waals surface area (Å²) in [5, 5.41) is 0. The quantitative estimate of drug-likeness (QED) is 0.836. The summed E-state index contributed by atoms with van der Waals surface area (Å²) in [6.45, 7) is 0. The molecule has 1 heterocycles. The maximum Gasteiger partial charge on any atom is 0.392 e. The summed E-state index contributed by atoms with van der Waals surface area (Å²) in [6, 6.07) is 2.86. The first-order valence-corrected chi connectivity index (χ1v) is 7.16. The minimum absolute atomic E-state index is 0.195. The smallest absolute Gasteiger partial charge is 0.323 e. The van der Waals surface area contributed by atoms with E-state index >= 15 is 0 Å². The van der Waals surface area contributed by atoms with Gasteiger partial charge in [0, 0.05) is 10.9 Å². The maximum absolute atomic E-state index is 13.0. The molecule has 0 bridgehead atoms. The molecule has 0 amide bonds. The molecular weight excluding hydrogens is 283 g/mol. The minimum Gasteiger partial charge on any atom is -0.323 e. The highest BCUT2D eigenvalue weighted by Crippen LogP contribution is 2.46. The molecule has 0 radical (unpaired) electrons. The van der Waals surface area contributed by atoms with Crippen LogP contribution >= 0.6 is 22.9 Å². The Hall–Kier alpha value is -0.260. The van der Waals surface area contributed by atoms with Gasteiger partial charge in [-0.25, -0.2) is 0 Å². The van der Waals surface area contributed by atoms with E-state index in [2.05, 4.69) is 0 Å². The molecular formula is C12H15ClF3NS. The minimum atomic E-state index is -4.15. The molecule has 1 aromatic rings. The number of halogens is 4. The Morgan fingerprint density at radius 2 is 1.94 bits per heavy atom. The Labute approximate surface area is 113 Å². The molecule has 1 nitrogen and oxygen atoms in total. The average Bonchev–Trinajstić information content (AvgIpc) is 2.74. The third-order valence-corrected chi connectivity index (χ3v) is 4.96. The molecule has 102 valence electrons. The molecule has 0 spiro atoms. The lowest BCUT2D eigenvalue weighted by molar-refractivity contribution is -0.198. The van der Waals surface area contributed by atoms with Crippen LogP contribution in [-0.4, -0.2) is 6.18 Å². The van der Waals surface area contributed by atoms with Gasteiger partial charge in [-0.1, -0.05) is 24.4 Å². The number of thiophene rings is 1. The topological polar surface area (TPSA) is 26.0 Å². The molecule has 1 aromatic heterocycles. The predicted octanol–water partition coefficient (Wildman–Crippen LogP) is 4.77. The van der Waals surface area contributed by atoms with Gasteiger partial charge in [-0.05, 0) is 30.9 Å². The van der Waals surface area contributed by atoms with Gasteiger partial charge in [0.15, 0.2) is 0 Å². The van der Waals surface area contributed by atoms with Crippen LogP contribution in [0.2, 0.25) is 4.34 Å². The van der Waals surface area contributed by atoms with Crippen molar-refractivity contribution in [2.24, 2.45) is 17.6 Å². The number of alkyl halides is 3. The molecule has 0 aliphatic heterocycles. The first-order chi connectivity index (χ1) is 8.39. The van der Waals surface area contributed by atoms with Crippen molar-refractivity contribution in [3.05, 3.63) is 21.3 Å². The standard InChI is InChI=1S/C12H15ClF3NS/c13-10-6-5-9(18-10)11(17)7-3-1-2-4-8(7)12(14,15)16/h5-8,11H,1-4,17H2. The Morgan fingerprint density at radius 3 is 2.50 bits per heavy atom. The van der Waals surface area contributed by atoms with Crippen LogP contribution in [0.1, 0.15) is 36.6 Å². The van der Waals surface area contributed by atoms with E-state index in [9.17, 15) is 13.2 Å². The summed E-state index contributed by atoms with van der Waals surface area (Å²) in [6.07, 6.45) is -1.95. The van der Waals surface area contributed by atoms with Gasteiger partial charge in [0.05, 0.1) is 10.3 Å². The van der Waals surface area contributed by atoms with Gasteiger partial charge < -0.3 is 5.73 Å². The fourth-order valence-corrected chi connectivity index (χ4v) is 3.85. The Bertz CT molecular complexity index is 404. The van der Waals surface area contributed by atoms with Crippen molar-refractivity contribution >= 4 is 22.9 Å². The van der Waals surface area contributed by atoms with Crippen molar-refractivity contribution in [1.29, 1.82) is 0 Å². The molecule has 2 rings (SSSR count). The van der Waals surface area contributed by atoms with Crippen molar-refractivity contribution in [1.82, 2.24) is 0 Å². The molecule has 6 heteroatoms. The van der Waals surface area contributed by atoms with E-state index in [1.54, 1.807) is 12.1 Å². The van der Waals surface area contributed by atoms with E-state index in [1.807, 2.05) is 0 Å². The summed E-state index contributed by atoms with van der Waals surface area (Å²) in [4.78, 5) is 0.751. The number of hydrogen-bond donors (Lipinski definition) is 1. The third kappa shape index (κ3) is 3.00. The molecule has 3 unspecified atom stereocenters. The second-order valence-corrected chi connectivity index (χ2v) is 6.51. The maximum atomic E-state index is 13.0. The second kappa shape index (κ2) is 5.39. The van der Waals surface area contributed by atoms with E-state index in [0.29, 0.717) is 17.2 Å². The SMILES string of the molecule is NC(c1ccc(Cl)s1)C1CCCCC1C(F)(F)F. The van der Waals surface area contributed by atoms with Crippen molar-refractivity contribution in [2.75, 3.05) is 0 Å². The van der Waals surface area contributed by atoms with Gasteiger partial charge in [0.1, 0.15) is 0 Å². The fourth-order valence-electron chi connectivity index (χ4n) is 2.71. The van der Waals surface area contributed by atoms with Gasteiger partial charge in [0.25, 0.3) is 0 Å². The summed E-state index contributed by atoms with van der Waals surface area (Å²) in [7, 11) is 0. The van der Waals surface area contributed by atoms with Gasteiger partial charge in [-0.15, -0.1) is 11.3 Å². The van der Waals surface area contributed by atoms with Crippen LogP contribution in [0.25, 0.3) is 0 Å². The fraction of sp³-hybridized carbons (Fsp3) is 0.667. The third-order valence-electron chi connectivity index (χ3n) is 3.62. The summed E-state index contributed by atoms with van der Waals surface area (Å²) >= 11 is 7.09. The zero-order valence-corrected chi connectivity index (χ0v) is 11.3. The zero-order valence-electron chi connectivity index (χ0n) is 9.71. The van der Waals surface area contributed by atoms with Crippen molar-refractivity contribution in [2.45, 2.75) is 37.9 Å². The van der Waals surface area contributed by atoms with Crippen LogP contribution in [0.5, 0.6) is 0 Å². The Morgan fingerprint density at radius 1 is 1.28 bits per heavy atom. The summed E-state index contributed by atoms with van der Waals surface area (Å²) in [5.74, 6) is -1.80. The lowest BCUT2D eigenvalue weighted by atomic mass is 9.74. The van der Waals surface area contributed by atoms with E-state index in [0.717, 1.165) is 11.3 Å². The Kier molecular flexibility index (Phi) is 4.24. The highest BCUT2D eigenvalue weighted by atomic mass is 35.5. The van der Waals surface area contributed by atoms with Crippen molar-refractivity contribution in [3.63, 3.8) is 0 Å². The molecule has 3 atom stereocenters. The molecule has 0 saturated heterocycles. The number of rotatable bonds is 2. The highest BCUT2D eigenvalue weighted by molar-refractivity contribution is 7.16. The van der Waals surface area contributed by atoms with E-state index in [4.69, 9.17) is 17.3 Å². The molecule has 1 aliphatic rings. The van der Waals surface area contributed by atoms with Gasteiger partial charge in [-0.2, -0.15) is 13.2 Å². The zero-order chi connectivity index (χ0) is 13.3. The number of hydrogen-bond acceptors (Lipinski definition) is 2. The van der Waals surface area contributed by atoms with Crippen LogP contribution in [0.4, 0.5) is 13.2 Å². The van der Waals surface area contributed by atoms with Crippen molar-refractivity contribution < 1.29 is 13.2 Å². The molecule has 1 saturated carbocycles. The lowest BCUT2D eigenvalue weighted by Crippen LogP contribution is -2.38. The largest absolute Gasteiger partial charge is 0.392 e. The van der Waals surface area contributed by atoms with E-state index in [1.165, 1.54) is 11.3 Å². The van der Waals surface area contributed by atoms with E-state index < -0.39 is 24.1 Å². The molecule has 1 aliphatic carbocycles. The lowest BCUT2D eigenvalue weighted by Gasteiger charge is -2.36. The predicted molar refractivity (Wildman–Crippen MR) is 67.8 cm³/mol. The molecule has 0 aromatic carbocycles. The van der Waals surface area contributed by atoms with Crippen molar-refractivity contribution in [3.8, 4) is 0 Å². The van der Waals surface area contributed by atoms with Gasteiger partial charge >= 0.3 is 6.18 Å². The van der Waals surface area contributed by atoms with Crippen LogP contribution in [0.3, 0.4) is 0 Å². The van der Waals surface area contributed by atoms with Crippen LogP contribution in [0, 0.1) is 11.8 Å². The van der Waals surface area contributed by atoms with Gasteiger partial charge in [0.2, 0.25) is 0 Å². The molecule has 18 heavy (non-hydrogen) atoms. The van der Waals surface area contributed by atoms with E-state index in [-0.39, 0.29) is 6.42 Å². The average molecular weight is 298 g/mol. The first kappa shape index (κ1) is 14.2. The van der Waals surface area contributed by atoms with Crippen LogP contribution in [0.15, 0.2) is 12.1 Å². The number of nitrogens with two attached hydrogens (primary N) is 1. The summed E-state index contributed by atoms with van der Waals surface area (Å²) < 4.78 is 39.6. The summed E-state index contributed by atoms with van der Waals surface area (Å²) in [5.41, 5.74) is 6.02. The first-order valence-electron chi connectivity index (χ1n) is 5.97. The van der Waals surface area contributed by atoms with Crippen LogP contribution in [-0.2, 0) is 0 Å². The highest BCUT2D eigenvalue weighted by Gasteiger charge is 2.47. The normalized spacial score (nSPS) is 27.2. The molecule has 1 fully saturated rings. The second-order valence-electron chi connectivity index (χ2n) is 4.76. The van der Waals surface area contributed by atoms with Crippen LogP contribution < -0.4 is 5.73 Å². The Balaban J connectivity index is 2.18.